The lowest BCUT2D eigenvalue weighted by Crippen LogP contribution is -2.58. The average molecular weight is 346 g/mol. The van der Waals surface area contributed by atoms with Gasteiger partial charge in [0.2, 0.25) is 5.91 Å². The normalized spacial score (nSPS) is 28.1. The van der Waals surface area contributed by atoms with Gasteiger partial charge in [-0.2, -0.15) is 0 Å². The Hall–Kier alpha value is -1.89. The molecule has 0 spiro atoms. The number of likely N-dealkylation sites (tertiary alicyclic amines) is 2. The molecule has 3 aliphatic rings. The molecule has 7 nitrogen and oxygen atoms in total. The number of carbonyl (C=O) groups excluding carboxylic acids is 2. The van der Waals surface area contributed by atoms with E-state index in [0.29, 0.717) is 42.9 Å². The molecule has 136 valence electrons. The van der Waals surface area contributed by atoms with Gasteiger partial charge in [0.1, 0.15) is 6.26 Å². The second-order valence-corrected chi connectivity index (χ2v) is 7.53. The highest BCUT2D eigenvalue weighted by Gasteiger charge is 2.41. The van der Waals surface area contributed by atoms with Gasteiger partial charge >= 0.3 is 0 Å². The lowest BCUT2D eigenvalue weighted by molar-refractivity contribution is -0.141. The first kappa shape index (κ1) is 16.6. The zero-order valence-corrected chi connectivity index (χ0v) is 14.5. The monoisotopic (exact) mass is 346 g/mol. The number of fused-ring (bicyclic) bond motifs is 1. The van der Waals surface area contributed by atoms with E-state index in [4.69, 9.17) is 4.52 Å². The molecule has 0 aliphatic carbocycles. The molecule has 0 bridgehead atoms. The van der Waals surface area contributed by atoms with Crippen LogP contribution in [0.15, 0.2) is 16.9 Å². The fourth-order valence-corrected chi connectivity index (χ4v) is 4.60. The number of hydrogen-bond donors (Lipinski definition) is 1. The van der Waals surface area contributed by atoms with Crippen LogP contribution in [0.5, 0.6) is 0 Å². The van der Waals surface area contributed by atoms with Crippen LogP contribution in [0.4, 0.5) is 0 Å². The highest BCUT2D eigenvalue weighted by molar-refractivity contribution is 5.92. The Labute approximate surface area is 147 Å². The number of aromatic nitrogens is 1. The van der Waals surface area contributed by atoms with Crippen molar-refractivity contribution in [2.24, 2.45) is 11.8 Å². The highest BCUT2D eigenvalue weighted by atomic mass is 16.5. The first-order valence-corrected chi connectivity index (χ1v) is 9.42. The molecule has 1 aromatic heterocycles. The molecule has 7 heteroatoms. The van der Waals surface area contributed by atoms with Gasteiger partial charge in [-0.25, -0.2) is 0 Å². The van der Waals surface area contributed by atoms with Crippen LogP contribution in [0.25, 0.3) is 0 Å². The smallest absolute Gasteiger partial charge is 0.276 e. The van der Waals surface area contributed by atoms with Gasteiger partial charge in [0.15, 0.2) is 5.69 Å². The quantitative estimate of drug-likeness (QED) is 0.887. The van der Waals surface area contributed by atoms with Crippen LogP contribution in [0, 0.1) is 11.8 Å². The lowest BCUT2D eigenvalue weighted by atomic mass is 9.82. The summed E-state index contributed by atoms with van der Waals surface area (Å²) in [4.78, 5) is 29.1. The van der Waals surface area contributed by atoms with E-state index in [1.807, 2.05) is 4.90 Å². The van der Waals surface area contributed by atoms with E-state index in [1.54, 1.807) is 6.07 Å². The summed E-state index contributed by atoms with van der Waals surface area (Å²) >= 11 is 0. The standard InChI is InChI=1S/C18H26N4O3/c23-17-2-1-14-12-21(18(24)15-6-10-25-20-15)9-5-16(14)22(17)11-13-3-7-19-8-4-13/h6,10,13-14,16,19H,1-5,7-9,11-12H2. The Kier molecular flexibility index (Phi) is 4.74. The molecule has 2 amide bonds. The SMILES string of the molecule is O=C(c1ccon1)N1CCC2C(CCC(=O)N2CC2CCNCC2)C1. The number of nitrogens with zero attached hydrogens (tertiary/aromatic N) is 3. The van der Waals surface area contributed by atoms with Gasteiger partial charge in [0.25, 0.3) is 5.91 Å². The number of rotatable bonds is 3. The predicted octanol–water partition coefficient (Wildman–Crippen LogP) is 1.13. The van der Waals surface area contributed by atoms with E-state index < -0.39 is 0 Å². The Balaban J connectivity index is 1.41. The molecular formula is C18H26N4O3. The van der Waals surface area contributed by atoms with E-state index in [9.17, 15) is 9.59 Å². The molecule has 3 aliphatic heterocycles. The number of amides is 2. The van der Waals surface area contributed by atoms with Gasteiger partial charge in [0.05, 0.1) is 0 Å². The minimum Gasteiger partial charge on any atom is -0.364 e. The van der Waals surface area contributed by atoms with Crippen LogP contribution < -0.4 is 5.32 Å². The van der Waals surface area contributed by atoms with Crippen LogP contribution in [-0.2, 0) is 4.79 Å². The van der Waals surface area contributed by atoms with Crippen molar-refractivity contribution >= 4 is 11.8 Å². The summed E-state index contributed by atoms with van der Waals surface area (Å²) in [7, 11) is 0. The summed E-state index contributed by atoms with van der Waals surface area (Å²) in [6.45, 7) is 4.40. The average Bonchev–Trinajstić information content (AvgIpc) is 3.19. The third kappa shape index (κ3) is 3.42. The maximum atomic E-state index is 12.5. The third-order valence-corrected chi connectivity index (χ3v) is 6.00. The molecule has 0 aromatic carbocycles. The molecule has 2 atom stereocenters. The molecule has 4 rings (SSSR count). The predicted molar refractivity (Wildman–Crippen MR) is 90.8 cm³/mol. The summed E-state index contributed by atoms with van der Waals surface area (Å²) < 4.78 is 4.79. The Bertz CT molecular complexity index is 612. The van der Waals surface area contributed by atoms with Crippen molar-refractivity contribution in [2.75, 3.05) is 32.7 Å². The van der Waals surface area contributed by atoms with E-state index >= 15 is 0 Å². The molecule has 1 N–H and O–H groups in total. The summed E-state index contributed by atoms with van der Waals surface area (Å²) in [5.74, 6) is 1.23. The van der Waals surface area contributed by atoms with Crippen molar-refractivity contribution in [3.8, 4) is 0 Å². The first-order chi connectivity index (χ1) is 12.2. The minimum atomic E-state index is -0.0611. The van der Waals surface area contributed by atoms with Crippen molar-refractivity contribution in [2.45, 2.75) is 38.1 Å². The molecule has 2 unspecified atom stereocenters. The van der Waals surface area contributed by atoms with Gasteiger partial charge in [-0.3, -0.25) is 9.59 Å². The fraction of sp³-hybridized carbons (Fsp3) is 0.722. The summed E-state index contributed by atoms with van der Waals surface area (Å²) in [6.07, 6.45) is 6.09. The van der Waals surface area contributed by atoms with Gasteiger partial charge in [0, 0.05) is 38.2 Å². The Morgan fingerprint density at radius 1 is 1.28 bits per heavy atom. The van der Waals surface area contributed by atoms with Crippen LogP contribution in [0.1, 0.15) is 42.6 Å². The molecule has 4 heterocycles. The number of piperidine rings is 3. The van der Waals surface area contributed by atoms with Gasteiger partial charge < -0.3 is 19.6 Å². The second kappa shape index (κ2) is 7.15. The highest BCUT2D eigenvalue weighted by Crippen LogP contribution is 2.33. The molecule has 0 radical (unpaired) electrons. The fourth-order valence-electron chi connectivity index (χ4n) is 4.60. The lowest BCUT2D eigenvalue weighted by Gasteiger charge is -2.48. The van der Waals surface area contributed by atoms with Crippen LogP contribution >= 0.6 is 0 Å². The number of carbonyl (C=O) groups is 2. The van der Waals surface area contributed by atoms with Crippen LogP contribution in [0.2, 0.25) is 0 Å². The molecule has 3 fully saturated rings. The van der Waals surface area contributed by atoms with Gasteiger partial charge in [-0.05, 0) is 50.6 Å². The minimum absolute atomic E-state index is 0.0611. The summed E-state index contributed by atoms with van der Waals surface area (Å²) in [6, 6.07) is 1.90. The zero-order chi connectivity index (χ0) is 17.2. The number of nitrogens with one attached hydrogen (secondary N) is 1. The summed E-state index contributed by atoms with van der Waals surface area (Å²) in [5, 5.41) is 7.15. The van der Waals surface area contributed by atoms with E-state index in [-0.39, 0.29) is 11.9 Å². The molecule has 1 aromatic rings. The molecular weight excluding hydrogens is 320 g/mol. The topological polar surface area (TPSA) is 78.7 Å². The maximum Gasteiger partial charge on any atom is 0.276 e. The number of hydrogen-bond acceptors (Lipinski definition) is 5. The van der Waals surface area contributed by atoms with Crippen molar-refractivity contribution in [3.05, 3.63) is 18.0 Å². The summed E-state index contributed by atoms with van der Waals surface area (Å²) in [5.41, 5.74) is 0.372. The van der Waals surface area contributed by atoms with Crippen molar-refractivity contribution in [1.82, 2.24) is 20.3 Å². The van der Waals surface area contributed by atoms with Gasteiger partial charge in [-0.15, -0.1) is 0 Å². The second-order valence-electron chi connectivity index (χ2n) is 7.53. The van der Waals surface area contributed by atoms with E-state index in [0.717, 1.165) is 45.3 Å². The zero-order valence-electron chi connectivity index (χ0n) is 14.5. The first-order valence-electron chi connectivity index (χ1n) is 9.42. The third-order valence-electron chi connectivity index (χ3n) is 6.00. The molecule has 0 saturated carbocycles. The van der Waals surface area contributed by atoms with Crippen molar-refractivity contribution in [1.29, 1.82) is 0 Å². The van der Waals surface area contributed by atoms with E-state index in [2.05, 4.69) is 15.4 Å². The van der Waals surface area contributed by atoms with Crippen molar-refractivity contribution < 1.29 is 14.1 Å². The molecule has 3 saturated heterocycles. The van der Waals surface area contributed by atoms with Crippen LogP contribution in [-0.4, -0.2) is 65.5 Å². The largest absolute Gasteiger partial charge is 0.364 e. The van der Waals surface area contributed by atoms with Crippen molar-refractivity contribution in [3.63, 3.8) is 0 Å². The Morgan fingerprint density at radius 3 is 2.88 bits per heavy atom. The van der Waals surface area contributed by atoms with E-state index in [1.165, 1.54) is 6.26 Å². The maximum absolute atomic E-state index is 12.5. The van der Waals surface area contributed by atoms with Gasteiger partial charge in [-0.1, -0.05) is 5.16 Å². The Morgan fingerprint density at radius 2 is 2.12 bits per heavy atom. The van der Waals surface area contributed by atoms with Crippen LogP contribution in [0.3, 0.4) is 0 Å². The molecule has 25 heavy (non-hydrogen) atoms.